The molecule has 0 saturated heterocycles. The summed E-state index contributed by atoms with van der Waals surface area (Å²) in [7, 11) is 0. The number of aryl methyl sites for hydroxylation is 1. The maximum absolute atomic E-state index is 4.97. The van der Waals surface area contributed by atoms with Crippen molar-refractivity contribution in [3.05, 3.63) is 83.8 Å². The highest BCUT2D eigenvalue weighted by atomic mass is 15.0. The van der Waals surface area contributed by atoms with Crippen molar-refractivity contribution in [2.75, 3.05) is 0 Å². The number of nitrogens with zero attached hydrogens (tertiary/aromatic N) is 2. The first-order valence-corrected chi connectivity index (χ1v) is 10.4. The molecule has 1 aromatic heterocycles. The summed E-state index contributed by atoms with van der Waals surface area (Å²) in [5.41, 5.74) is 4.58. The van der Waals surface area contributed by atoms with Crippen molar-refractivity contribution >= 4 is 0 Å². The van der Waals surface area contributed by atoms with Crippen molar-refractivity contribution in [3.8, 4) is 11.3 Å². The van der Waals surface area contributed by atoms with Gasteiger partial charge in [0, 0.05) is 17.8 Å². The summed E-state index contributed by atoms with van der Waals surface area (Å²) in [5, 5.41) is 3.69. The zero-order valence-electron chi connectivity index (χ0n) is 17.2. The van der Waals surface area contributed by atoms with Crippen LogP contribution in [-0.2, 0) is 13.0 Å². The van der Waals surface area contributed by atoms with E-state index in [0.717, 1.165) is 42.2 Å². The lowest BCUT2D eigenvalue weighted by Gasteiger charge is -2.22. The molecule has 0 aliphatic rings. The molecular weight excluding hydrogens is 342 g/mol. The number of unbranched alkanes of at least 4 members (excludes halogenated alkanes) is 1. The average Bonchev–Trinajstić information content (AvgIpc) is 2.73. The minimum absolute atomic E-state index is 0.115. The van der Waals surface area contributed by atoms with Gasteiger partial charge in [0.15, 0.2) is 0 Å². The summed E-state index contributed by atoms with van der Waals surface area (Å²) < 4.78 is 0. The van der Waals surface area contributed by atoms with Gasteiger partial charge in [-0.1, -0.05) is 87.9 Å². The first-order valence-electron chi connectivity index (χ1n) is 10.4. The second-order valence-corrected chi connectivity index (χ2v) is 7.66. The van der Waals surface area contributed by atoms with Gasteiger partial charge < -0.3 is 5.32 Å². The second kappa shape index (κ2) is 10.1. The molecule has 0 bridgehead atoms. The predicted octanol–water partition coefficient (Wildman–Crippen LogP) is 5.97. The van der Waals surface area contributed by atoms with Crippen LogP contribution in [0.25, 0.3) is 11.3 Å². The van der Waals surface area contributed by atoms with Gasteiger partial charge in [-0.2, -0.15) is 0 Å². The first kappa shape index (κ1) is 20.2. The van der Waals surface area contributed by atoms with E-state index in [4.69, 9.17) is 9.97 Å². The van der Waals surface area contributed by atoms with Gasteiger partial charge in [-0.05, 0) is 30.4 Å². The standard InChI is InChI=1S/C25H31N3/c1-4-5-16-22-17-23(21-14-10-7-11-15-21)28-25(27-22)24(19(2)3)26-18-20-12-8-6-9-13-20/h6-15,17,19,24,26H,4-5,16,18H2,1-3H3. The van der Waals surface area contributed by atoms with Gasteiger partial charge in [-0.15, -0.1) is 0 Å². The van der Waals surface area contributed by atoms with E-state index < -0.39 is 0 Å². The molecule has 0 radical (unpaired) electrons. The average molecular weight is 374 g/mol. The molecule has 3 rings (SSSR count). The van der Waals surface area contributed by atoms with E-state index in [1.807, 2.05) is 6.07 Å². The molecule has 28 heavy (non-hydrogen) atoms. The normalized spacial score (nSPS) is 12.3. The molecule has 3 heteroatoms. The Labute approximate surface area is 169 Å². The monoisotopic (exact) mass is 373 g/mol. The molecule has 146 valence electrons. The molecule has 1 heterocycles. The number of rotatable bonds is 9. The zero-order valence-corrected chi connectivity index (χ0v) is 17.2. The molecule has 0 aliphatic heterocycles. The van der Waals surface area contributed by atoms with Crippen LogP contribution < -0.4 is 5.32 Å². The third-order valence-electron chi connectivity index (χ3n) is 4.97. The quantitative estimate of drug-likeness (QED) is 0.502. The van der Waals surface area contributed by atoms with Gasteiger partial charge in [-0.25, -0.2) is 9.97 Å². The van der Waals surface area contributed by atoms with E-state index in [2.05, 4.69) is 86.8 Å². The molecule has 0 fully saturated rings. The maximum atomic E-state index is 4.97. The molecular formula is C25H31N3. The number of hydrogen-bond donors (Lipinski definition) is 1. The van der Waals surface area contributed by atoms with Crippen molar-refractivity contribution in [1.29, 1.82) is 0 Å². The van der Waals surface area contributed by atoms with Gasteiger partial charge in [0.05, 0.1) is 11.7 Å². The van der Waals surface area contributed by atoms with Crippen molar-refractivity contribution in [3.63, 3.8) is 0 Å². The summed E-state index contributed by atoms with van der Waals surface area (Å²) in [6, 6.07) is 23.2. The Hall–Kier alpha value is -2.52. The Bertz CT molecular complexity index is 844. The lowest BCUT2D eigenvalue weighted by molar-refractivity contribution is 0.392. The fourth-order valence-corrected chi connectivity index (χ4v) is 3.35. The maximum Gasteiger partial charge on any atom is 0.146 e. The molecule has 2 aromatic carbocycles. The van der Waals surface area contributed by atoms with Crippen molar-refractivity contribution in [2.24, 2.45) is 5.92 Å². The zero-order chi connectivity index (χ0) is 19.8. The lowest BCUT2D eigenvalue weighted by Crippen LogP contribution is -2.27. The summed E-state index contributed by atoms with van der Waals surface area (Å²) in [4.78, 5) is 9.93. The van der Waals surface area contributed by atoms with E-state index >= 15 is 0 Å². The van der Waals surface area contributed by atoms with Gasteiger partial charge in [-0.3, -0.25) is 0 Å². The number of nitrogens with one attached hydrogen (secondary N) is 1. The number of aromatic nitrogens is 2. The fraction of sp³-hybridized carbons (Fsp3) is 0.360. The largest absolute Gasteiger partial charge is 0.303 e. The summed E-state index contributed by atoms with van der Waals surface area (Å²) in [6.07, 6.45) is 3.31. The molecule has 3 aromatic rings. The Morgan fingerprint density at radius 3 is 2.21 bits per heavy atom. The van der Waals surface area contributed by atoms with Crippen molar-refractivity contribution in [1.82, 2.24) is 15.3 Å². The lowest BCUT2D eigenvalue weighted by atomic mass is 10.0. The van der Waals surface area contributed by atoms with Gasteiger partial charge in [0.25, 0.3) is 0 Å². The van der Waals surface area contributed by atoms with Crippen LogP contribution in [0.5, 0.6) is 0 Å². The van der Waals surface area contributed by atoms with Crippen LogP contribution in [-0.4, -0.2) is 9.97 Å². The van der Waals surface area contributed by atoms with Crippen LogP contribution in [0.4, 0.5) is 0 Å². The van der Waals surface area contributed by atoms with E-state index in [-0.39, 0.29) is 6.04 Å². The highest BCUT2D eigenvalue weighted by Crippen LogP contribution is 2.24. The Morgan fingerprint density at radius 1 is 0.893 bits per heavy atom. The molecule has 1 N–H and O–H groups in total. The summed E-state index contributed by atoms with van der Waals surface area (Å²) in [5.74, 6) is 1.30. The fourth-order valence-electron chi connectivity index (χ4n) is 3.35. The van der Waals surface area contributed by atoms with Crippen LogP contribution in [0.2, 0.25) is 0 Å². The number of hydrogen-bond acceptors (Lipinski definition) is 3. The second-order valence-electron chi connectivity index (χ2n) is 7.66. The number of benzene rings is 2. The molecule has 0 aliphatic carbocycles. The van der Waals surface area contributed by atoms with Crippen LogP contribution in [0, 0.1) is 5.92 Å². The summed E-state index contributed by atoms with van der Waals surface area (Å²) in [6.45, 7) is 7.49. The SMILES string of the molecule is CCCCc1cc(-c2ccccc2)nc(C(NCc2ccccc2)C(C)C)n1. The highest BCUT2D eigenvalue weighted by Gasteiger charge is 2.20. The molecule has 1 unspecified atom stereocenters. The van der Waals surface area contributed by atoms with Gasteiger partial charge in [0.2, 0.25) is 0 Å². The minimum Gasteiger partial charge on any atom is -0.303 e. The van der Waals surface area contributed by atoms with Crippen molar-refractivity contribution < 1.29 is 0 Å². The first-order chi connectivity index (χ1) is 13.7. The van der Waals surface area contributed by atoms with Crippen LogP contribution in [0.15, 0.2) is 66.7 Å². The van der Waals surface area contributed by atoms with E-state index in [1.54, 1.807) is 0 Å². The molecule has 0 spiro atoms. The third kappa shape index (κ3) is 5.49. The molecule has 0 saturated carbocycles. The van der Waals surface area contributed by atoms with Crippen LogP contribution >= 0.6 is 0 Å². The topological polar surface area (TPSA) is 37.8 Å². The molecule has 1 atom stereocenters. The van der Waals surface area contributed by atoms with Crippen LogP contribution in [0.1, 0.15) is 56.7 Å². The predicted molar refractivity (Wildman–Crippen MR) is 117 cm³/mol. The van der Waals surface area contributed by atoms with Gasteiger partial charge >= 0.3 is 0 Å². The Balaban J connectivity index is 1.91. The third-order valence-corrected chi connectivity index (χ3v) is 4.97. The Kier molecular flexibility index (Phi) is 7.32. The highest BCUT2D eigenvalue weighted by molar-refractivity contribution is 5.59. The molecule has 0 amide bonds. The van der Waals surface area contributed by atoms with E-state index in [0.29, 0.717) is 5.92 Å². The smallest absolute Gasteiger partial charge is 0.146 e. The van der Waals surface area contributed by atoms with Gasteiger partial charge in [0.1, 0.15) is 5.82 Å². The van der Waals surface area contributed by atoms with E-state index in [1.165, 1.54) is 12.0 Å². The Morgan fingerprint density at radius 2 is 1.57 bits per heavy atom. The van der Waals surface area contributed by atoms with Crippen molar-refractivity contribution in [2.45, 2.75) is 52.6 Å². The summed E-state index contributed by atoms with van der Waals surface area (Å²) >= 11 is 0. The molecule has 3 nitrogen and oxygen atoms in total. The minimum atomic E-state index is 0.115. The van der Waals surface area contributed by atoms with Crippen LogP contribution in [0.3, 0.4) is 0 Å². The van der Waals surface area contributed by atoms with E-state index in [9.17, 15) is 0 Å².